The van der Waals surface area contributed by atoms with Gasteiger partial charge < -0.3 is 5.32 Å². The van der Waals surface area contributed by atoms with E-state index in [1.165, 1.54) is 11.8 Å². The third kappa shape index (κ3) is 4.35. The summed E-state index contributed by atoms with van der Waals surface area (Å²) in [5.74, 6) is -0.210. The highest BCUT2D eigenvalue weighted by atomic mass is 35.5. The Morgan fingerprint density at radius 2 is 1.92 bits per heavy atom. The maximum Gasteiger partial charge on any atom is 0.237 e. The molecule has 26 heavy (non-hydrogen) atoms. The number of carbonyl (C=O) groups excluding carboxylic acids is 1. The minimum absolute atomic E-state index is 0.210. The van der Waals surface area contributed by atoms with Crippen molar-refractivity contribution in [3.05, 3.63) is 58.1 Å². The molecule has 3 aromatic rings. The molecule has 0 aliphatic heterocycles. The van der Waals surface area contributed by atoms with Gasteiger partial charge in [-0.25, -0.2) is 0 Å². The number of aryl methyl sites for hydroxylation is 1. The van der Waals surface area contributed by atoms with Crippen molar-refractivity contribution in [2.24, 2.45) is 0 Å². The van der Waals surface area contributed by atoms with Crippen molar-refractivity contribution >= 4 is 46.6 Å². The van der Waals surface area contributed by atoms with Crippen LogP contribution in [0.5, 0.6) is 0 Å². The molecule has 134 valence electrons. The predicted octanol–water partition coefficient (Wildman–Crippen LogP) is 4.40. The standard InChI is InChI=1S/C17H15Cl2N5OS/c1-10-3-6-13(7-4-10)24-17(21-22-23-24)26-11(2)16(25)20-15-8-5-12(18)9-14(15)19/h3-9,11H,1-2H3,(H,20,25). The summed E-state index contributed by atoms with van der Waals surface area (Å²) < 4.78 is 1.60. The van der Waals surface area contributed by atoms with Gasteiger partial charge in [0, 0.05) is 5.02 Å². The molecule has 0 aliphatic carbocycles. The van der Waals surface area contributed by atoms with Crippen LogP contribution in [0, 0.1) is 6.92 Å². The largest absolute Gasteiger partial charge is 0.324 e. The van der Waals surface area contributed by atoms with Gasteiger partial charge in [0.15, 0.2) is 0 Å². The lowest BCUT2D eigenvalue weighted by atomic mass is 10.2. The molecule has 1 atom stereocenters. The number of nitrogens with one attached hydrogen (secondary N) is 1. The Balaban J connectivity index is 1.72. The Kier molecular flexibility index (Phi) is 5.80. The van der Waals surface area contributed by atoms with E-state index in [0.29, 0.717) is 20.9 Å². The topological polar surface area (TPSA) is 72.7 Å². The first-order valence-electron chi connectivity index (χ1n) is 7.72. The first-order valence-corrected chi connectivity index (χ1v) is 9.35. The molecule has 6 nitrogen and oxygen atoms in total. The Morgan fingerprint density at radius 3 is 2.62 bits per heavy atom. The van der Waals surface area contributed by atoms with Crippen LogP contribution in [0.25, 0.3) is 5.69 Å². The summed E-state index contributed by atoms with van der Waals surface area (Å²) in [5, 5.41) is 15.5. The molecule has 0 bridgehead atoms. The second-order valence-corrected chi connectivity index (χ2v) is 7.73. The van der Waals surface area contributed by atoms with Crippen LogP contribution in [-0.2, 0) is 4.79 Å². The first-order chi connectivity index (χ1) is 12.4. The van der Waals surface area contributed by atoms with E-state index in [-0.39, 0.29) is 5.91 Å². The lowest BCUT2D eigenvalue weighted by Gasteiger charge is -2.13. The number of halogens is 2. The van der Waals surface area contributed by atoms with Gasteiger partial charge in [0.2, 0.25) is 11.1 Å². The molecule has 1 unspecified atom stereocenters. The number of benzene rings is 2. The summed E-state index contributed by atoms with van der Waals surface area (Å²) in [6.45, 7) is 3.78. The van der Waals surface area contributed by atoms with Gasteiger partial charge in [-0.15, -0.1) is 5.10 Å². The molecule has 1 aromatic heterocycles. The molecule has 0 saturated carbocycles. The van der Waals surface area contributed by atoms with E-state index < -0.39 is 5.25 Å². The summed E-state index contributed by atoms with van der Waals surface area (Å²) in [5.41, 5.74) is 2.48. The number of nitrogens with zero attached hydrogens (tertiary/aromatic N) is 4. The maximum atomic E-state index is 12.5. The van der Waals surface area contributed by atoms with E-state index in [4.69, 9.17) is 23.2 Å². The van der Waals surface area contributed by atoms with Gasteiger partial charge >= 0.3 is 0 Å². The van der Waals surface area contributed by atoms with Crippen molar-refractivity contribution in [1.29, 1.82) is 0 Å². The molecule has 3 rings (SSSR count). The third-order valence-electron chi connectivity index (χ3n) is 3.56. The smallest absolute Gasteiger partial charge is 0.237 e. The highest BCUT2D eigenvalue weighted by Gasteiger charge is 2.20. The highest BCUT2D eigenvalue weighted by molar-refractivity contribution is 8.00. The van der Waals surface area contributed by atoms with E-state index in [2.05, 4.69) is 20.8 Å². The number of hydrogen-bond donors (Lipinski definition) is 1. The van der Waals surface area contributed by atoms with Gasteiger partial charge in [-0.2, -0.15) is 4.68 Å². The summed E-state index contributed by atoms with van der Waals surface area (Å²) >= 11 is 13.2. The van der Waals surface area contributed by atoms with Crippen molar-refractivity contribution < 1.29 is 4.79 Å². The molecular formula is C17H15Cl2N5OS. The summed E-state index contributed by atoms with van der Waals surface area (Å²) in [6.07, 6.45) is 0. The zero-order valence-corrected chi connectivity index (χ0v) is 16.3. The lowest BCUT2D eigenvalue weighted by Crippen LogP contribution is -2.23. The van der Waals surface area contributed by atoms with Crippen molar-refractivity contribution in [3.63, 3.8) is 0 Å². The summed E-state index contributed by atoms with van der Waals surface area (Å²) in [6, 6.07) is 12.7. The Labute approximate surface area is 164 Å². The summed E-state index contributed by atoms with van der Waals surface area (Å²) in [7, 11) is 0. The molecule has 9 heteroatoms. The Morgan fingerprint density at radius 1 is 1.19 bits per heavy atom. The zero-order valence-electron chi connectivity index (χ0n) is 14.0. The maximum absolute atomic E-state index is 12.5. The van der Waals surface area contributed by atoms with Gasteiger partial charge in [-0.05, 0) is 54.6 Å². The van der Waals surface area contributed by atoms with Crippen LogP contribution in [0.3, 0.4) is 0 Å². The molecule has 0 saturated heterocycles. The van der Waals surface area contributed by atoms with Crippen LogP contribution >= 0.6 is 35.0 Å². The molecule has 0 radical (unpaired) electrons. The normalized spacial score (nSPS) is 12.0. The first kappa shape index (κ1) is 18.7. The molecule has 0 spiro atoms. The molecule has 1 heterocycles. The molecule has 0 fully saturated rings. The van der Waals surface area contributed by atoms with E-state index in [9.17, 15) is 4.79 Å². The minimum atomic E-state index is -0.433. The second kappa shape index (κ2) is 8.07. The molecule has 2 aromatic carbocycles. The van der Waals surface area contributed by atoms with Gasteiger partial charge in [-0.3, -0.25) is 4.79 Å². The molecule has 0 aliphatic rings. The second-order valence-electron chi connectivity index (χ2n) is 5.58. The van der Waals surface area contributed by atoms with E-state index in [1.807, 2.05) is 31.2 Å². The number of thioether (sulfide) groups is 1. The van der Waals surface area contributed by atoms with E-state index in [1.54, 1.807) is 29.8 Å². The Hall–Kier alpha value is -2.09. The minimum Gasteiger partial charge on any atom is -0.324 e. The number of aromatic nitrogens is 4. The van der Waals surface area contributed by atoms with Crippen LogP contribution in [0.1, 0.15) is 12.5 Å². The monoisotopic (exact) mass is 407 g/mol. The quantitative estimate of drug-likeness (QED) is 0.634. The van der Waals surface area contributed by atoms with Crippen molar-refractivity contribution in [2.45, 2.75) is 24.3 Å². The van der Waals surface area contributed by atoms with E-state index in [0.717, 1.165) is 11.3 Å². The van der Waals surface area contributed by atoms with Crippen molar-refractivity contribution in [2.75, 3.05) is 5.32 Å². The third-order valence-corrected chi connectivity index (χ3v) is 5.14. The fraction of sp³-hybridized carbons (Fsp3) is 0.176. The van der Waals surface area contributed by atoms with Crippen LogP contribution in [0.2, 0.25) is 10.0 Å². The van der Waals surface area contributed by atoms with E-state index >= 15 is 0 Å². The highest BCUT2D eigenvalue weighted by Crippen LogP contribution is 2.28. The average Bonchev–Trinajstić information content (AvgIpc) is 3.06. The van der Waals surface area contributed by atoms with Gasteiger partial charge in [-0.1, -0.05) is 52.7 Å². The van der Waals surface area contributed by atoms with Crippen LogP contribution in [-0.4, -0.2) is 31.4 Å². The van der Waals surface area contributed by atoms with Crippen LogP contribution in [0.4, 0.5) is 5.69 Å². The SMILES string of the molecule is Cc1ccc(-n2nnnc2SC(C)C(=O)Nc2ccc(Cl)cc2Cl)cc1. The van der Waals surface area contributed by atoms with Gasteiger partial charge in [0.25, 0.3) is 0 Å². The van der Waals surface area contributed by atoms with Crippen LogP contribution < -0.4 is 5.32 Å². The number of amides is 1. The summed E-state index contributed by atoms with van der Waals surface area (Å²) in [4.78, 5) is 12.5. The fourth-order valence-electron chi connectivity index (χ4n) is 2.14. The zero-order chi connectivity index (χ0) is 18.7. The van der Waals surface area contributed by atoms with Gasteiger partial charge in [0.1, 0.15) is 0 Å². The molecule has 1 N–H and O–H groups in total. The molecular weight excluding hydrogens is 393 g/mol. The number of anilines is 1. The predicted molar refractivity (Wildman–Crippen MR) is 104 cm³/mol. The number of rotatable bonds is 5. The van der Waals surface area contributed by atoms with Crippen LogP contribution in [0.15, 0.2) is 47.6 Å². The average molecular weight is 408 g/mol. The molecule has 1 amide bonds. The van der Waals surface area contributed by atoms with Crippen molar-refractivity contribution in [3.8, 4) is 5.69 Å². The van der Waals surface area contributed by atoms with Gasteiger partial charge in [0.05, 0.1) is 21.6 Å². The lowest BCUT2D eigenvalue weighted by molar-refractivity contribution is -0.115. The fourth-order valence-corrected chi connectivity index (χ4v) is 3.40. The number of tetrazole rings is 1. The Bertz CT molecular complexity index is 929. The van der Waals surface area contributed by atoms with Crippen molar-refractivity contribution in [1.82, 2.24) is 20.2 Å². The number of hydrogen-bond acceptors (Lipinski definition) is 5. The number of carbonyl (C=O) groups is 1.